The number of aromatic nitrogens is 1. The molecule has 166 valence electrons. The minimum absolute atomic E-state index is 0.0747. The Bertz CT molecular complexity index is 1380. The topological polar surface area (TPSA) is 88.7 Å². The van der Waals surface area contributed by atoms with E-state index >= 15 is 0 Å². The van der Waals surface area contributed by atoms with Crippen LogP contribution in [0.1, 0.15) is 10.4 Å². The molecule has 0 radical (unpaired) electrons. The van der Waals surface area contributed by atoms with Gasteiger partial charge in [0, 0.05) is 35.0 Å². The Hall–Kier alpha value is -3.14. The van der Waals surface area contributed by atoms with Gasteiger partial charge < -0.3 is 14.5 Å². The van der Waals surface area contributed by atoms with E-state index in [1.165, 1.54) is 29.9 Å². The highest BCUT2D eigenvalue weighted by atomic mass is 32.2. The molecule has 0 unspecified atom stereocenters. The molecular weight excluding hydrogens is 448 g/mol. The average molecular weight is 471 g/mol. The number of hydrogen-bond donors (Lipinski definition) is 1. The summed E-state index contributed by atoms with van der Waals surface area (Å²) in [5.74, 6) is 1.01. The molecule has 4 rings (SSSR count). The van der Waals surface area contributed by atoms with E-state index in [1.54, 1.807) is 48.5 Å². The molecule has 0 fully saturated rings. The second-order valence-electron chi connectivity index (χ2n) is 7.08. The third-order valence-corrected chi connectivity index (χ3v) is 7.73. The Labute approximate surface area is 189 Å². The largest absolute Gasteiger partial charge is 0.493 e. The number of H-pyrrole nitrogens is 1. The molecule has 2 aromatic heterocycles. The van der Waals surface area contributed by atoms with Gasteiger partial charge in [0.25, 0.3) is 5.56 Å². The number of methoxy groups -OCH3 is 2. The van der Waals surface area contributed by atoms with E-state index in [-0.39, 0.29) is 23.5 Å². The van der Waals surface area contributed by atoms with Gasteiger partial charge in [-0.15, -0.1) is 11.3 Å². The smallest absolute Gasteiger partial charge is 0.252 e. The summed E-state index contributed by atoms with van der Waals surface area (Å²) in [7, 11) is -0.772. The van der Waals surface area contributed by atoms with Crippen molar-refractivity contribution in [3.05, 3.63) is 86.8 Å². The zero-order valence-electron chi connectivity index (χ0n) is 17.6. The number of nitrogens with one attached hydrogen (secondary N) is 1. The van der Waals surface area contributed by atoms with Gasteiger partial charge in [-0.2, -0.15) is 4.31 Å². The van der Waals surface area contributed by atoms with Gasteiger partial charge in [-0.25, -0.2) is 8.42 Å². The summed E-state index contributed by atoms with van der Waals surface area (Å²) < 4.78 is 38.8. The van der Waals surface area contributed by atoms with Gasteiger partial charge in [0.2, 0.25) is 10.0 Å². The van der Waals surface area contributed by atoms with Gasteiger partial charge in [0.15, 0.2) is 11.5 Å². The molecule has 7 nitrogen and oxygen atoms in total. The van der Waals surface area contributed by atoms with Crippen LogP contribution in [0.5, 0.6) is 11.5 Å². The van der Waals surface area contributed by atoms with Crippen molar-refractivity contribution < 1.29 is 17.9 Å². The first-order valence-electron chi connectivity index (χ1n) is 9.78. The molecule has 0 aliphatic heterocycles. The normalized spacial score (nSPS) is 11.7. The maximum atomic E-state index is 13.4. The molecule has 0 amide bonds. The van der Waals surface area contributed by atoms with Crippen molar-refractivity contribution in [2.75, 3.05) is 14.2 Å². The molecule has 0 atom stereocenters. The Morgan fingerprint density at radius 2 is 1.66 bits per heavy atom. The van der Waals surface area contributed by atoms with Crippen molar-refractivity contribution in [2.45, 2.75) is 18.0 Å². The summed E-state index contributed by atoms with van der Waals surface area (Å²) in [6.07, 6.45) is 0. The third-order valence-electron chi connectivity index (χ3n) is 5.07. The Morgan fingerprint density at radius 1 is 0.938 bits per heavy atom. The van der Waals surface area contributed by atoms with Crippen LogP contribution >= 0.6 is 11.3 Å². The van der Waals surface area contributed by atoms with Gasteiger partial charge in [-0.05, 0) is 35.7 Å². The number of sulfonamides is 1. The quantitative estimate of drug-likeness (QED) is 0.421. The Morgan fingerprint density at radius 3 is 2.31 bits per heavy atom. The number of pyridine rings is 1. The van der Waals surface area contributed by atoms with Crippen molar-refractivity contribution in [1.29, 1.82) is 0 Å². The summed E-state index contributed by atoms with van der Waals surface area (Å²) in [5.41, 5.74) is 0.553. The SMILES string of the molecule is COc1cc2cc(CN(Cc3cccs3)S(=O)(=O)c3ccccc3)c(=O)[nH]c2cc1OC. The van der Waals surface area contributed by atoms with E-state index in [2.05, 4.69) is 4.98 Å². The lowest BCUT2D eigenvalue weighted by Crippen LogP contribution is -2.32. The van der Waals surface area contributed by atoms with Gasteiger partial charge in [-0.3, -0.25) is 4.79 Å². The van der Waals surface area contributed by atoms with Crippen LogP contribution in [-0.2, 0) is 23.1 Å². The van der Waals surface area contributed by atoms with Gasteiger partial charge in [0.05, 0.1) is 24.6 Å². The van der Waals surface area contributed by atoms with Crippen LogP contribution in [-0.4, -0.2) is 31.9 Å². The molecule has 2 aromatic carbocycles. The molecule has 0 spiro atoms. The summed E-state index contributed by atoms with van der Waals surface area (Å²) >= 11 is 1.47. The molecule has 0 saturated heterocycles. The van der Waals surface area contributed by atoms with E-state index in [9.17, 15) is 13.2 Å². The van der Waals surface area contributed by atoms with Crippen LogP contribution in [0.3, 0.4) is 0 Å². The van der Waals surface area contributed by atoms with Gasteiger partial charge >= 0.3 is 0 Å². The van der Waals surface area contributed by atoms with Crippen LogP contribution < -0.4 is 15.0 Å². The highest BCUT2D eigenvalue weighted by Gasteiger charge is 2.26. The molecule has 32 heavy (non-hydrogen) atoms. The summed E-state index contributed by atoms with van der Waals surface area (Å²) in [6, 6.07) is 17.1. The van der Waals surface area contributed by atoms with Crippen LogP contribution in [0.15, 0.2) is 75.7 Å². The standard InChI is InChI=1S/C23H22N2O5S2/c1-29-21-12-16-11-17(23(26)24-20(16)13-22(21)30-2)14-25(15-18-7-6-10-31-18)32(27,28)19-8-4-3-5-9-19/h3-13H,14-15H2,1-2H3,(H,24,26). The number of hydrogen-bond acceptors (Lipinski definition) is 6. The van der Waals surface area contributed by atoms with Crippen LogP contribution in [0.4, 0.5) is 0 Å². The number of thiophene rings is 1. The zero-order valence-corrected chi connectivity index (χ0v) is 19.2. The number of aromatic amines is 1. The predicted octanol–water partition coefficient (Wildman–Crippen LogP) is 4.00. The lowest BCUT2D eigenvalue weighted by atomic mass is 10.1. The molecule has 0 saturated carbocycles. The van der Waals surface area contributed by atoms with Crippen LogP contribution in [0.25, 0.3) is 10.9 Å². The number of rotatable bonds is 8. The molecular formula is C23H22N2O5S2. The van der Waals surface area contributed by atoms with Crippen molar-refractivity contribution in [1.82, 2.24) is 9.29 Å². The highest BCUT2D eigenvalue weighted by Crippen LogP contribution is 2.31. The second kappa shape index (κ2) is 9.15. The number of benzene rings is 2. The van der Waals surface area contributed by atoms with Crippen molar-refractivity contribution in [3.8, 4) is 11.5 Å². The molecule has 0 aliphatic rings. The first-order valence-corrected chi connectivity index (χ1v) is 12.1. The Balaban J connectivity index is 1.77. The van der Waals surface area contributed by atoms with E-state index in [0.29, 0.717) is 28.0 Å². The lowest BCUT2D eigenvalue weighted by molar-refractivity contribution is 0.355. The summed E-state index contributed by atoms with van der Waals surface area (Å²) in [4.78, 5) is 16.7. The average Bonchev–Trinajstić information content (AvgIpc) is 3.32. The van der Waals surface area contributed by atoms with Crippen LogP contribution in [0.2, 0.25) is 0 Å². The predicted molar refractivity (Wildman–Crippen MR) is 125 cm³/mol. The lowest BCUT2D eigenvalue weighted by Gasteiger charge is -2.22. The monoisotopic (exact) mass is 470 g/mol. The maximum Gasteiger partial charge on any atom is 0.252 e. The fraction of sp³-hybridized carbons (Fsp3) is 0.174. The molecule has 0 aliphatic carbocycles. The first kappa shape index (κ1) is 22.1. The minimum Gasteiger partial charge on any atom is -0.493 e. The molecule has 9 heteroatoms. The van der Waals surface area contributed by atoms with E-state index in [0.717, 1.165) is 4.88 Å². The fourth-order valence-corrected chi connectivity index (χ4v) is 5.65. The number of ether oxygens (including phenoxy) is 2. The van der Waals surface area contributed by atoms with E-state index in [1.807, 2.05) is 17.5 Å². The zero-order chi connectivity index (χ0) is 22.7. The summed E-state index contributed by atoms with van der Waals surface area (Å²) in [5, 5.41) is 2.61. The maximum absolute atomic E-state index is 13.4. The molecule has 1 N–H and O–H groups in total. The van der Waals surface area contributed by atoms with Gasteiger partial charge in [0.1, 0.15) is 0 Å². The second-order valence-corrected chi connectivity index (χ2v) is 10.1. The molecule has 2 heterocycles. The van der Waals surface area contributed by atoms with Crippen molar-refractivity contribution >= 4 is 32.3 Å². The number of fused-ring (bicyclic) bond motifs is 1. The van der Waals surface area contributed by atoms with Crippen molar-refractivity contribution in [2.24, 2.45) is 0 Å². The third kappa shape index (κ3) is 4.40. The van der Waals surface area contributed by atoms with Crippen LogP contribution in [0, 0.1) is 0 Å². The Kier molecular flexibility index (Phi) is 6.31. The first-order chi connectivity index (χ1) is 15.4. The van der Waals surface area contributed by atoms with Crippen molar-refractivity contribution in [3.63, 3.8) is 0 Å². The summed E-state index contributed by atoms with van der Waals surface area (Å²) in [6.45, 7) is 0.0903. The molecule has 0 bridgehead atoms. The highest BCUT2D eigenvalue weighted by molar-refractivity contribution is 7.89. The fourth-order valence-electron chi connectivity index (χ4n) is 3.43. The molecule has 4 aromatic rings. The number of nitrogens with zero attached hydrogens (tertiary/aromatic N) is 1. The minimum atomic E-state index is -3.83. The van der Waals surface area contributed by atoms with E-state index < -0.39 is 10.0 Å². The van der Waals surface area contributed by atoms with E-state index in [4.69, 9.17) is 9.47 Å². The van der Waals surface area contributed by atoms with Gasteiger partial charge in [-0.1, -0.05) is 24.3 Å².